The van der Waals surface area contributed by atoms with Crippen LogP contribution in [0.4, 0.5) is 0 Å². The molecule has 0 aromatic carbocycles. The number of aryl methyl sites for hydroxylation is 1. The largest absolute Gasteiger partial charge is 0.328 e. The summed E-state index contributed by atoms with van der Waals surface area (Å²) in [5.74, 6) is 0.507. The summed E-state index contributed by atoms with van der Waals surface area (Å²) in [7, 11) is -2.89. The predicted octanol–water partition coefficient (Wildman–Crippen LogP) is 1.26. The first-order valence-corrected chi connectivity index (χ1v) is 9.25. The van der Waals surface area contributed by atoms with Gasteiger partial charge in [-0.15, -0.1) is 0 Å². The number of hydrogen-bond donors (Lipinski definition) is 1. The zero-order valence-electron chi connectivity index (χ0n) is 12.6. The SMILES string of the molecule is CCc1nn(C2CCS(=O)(=O)C2)c(CC)c1CC(C)N. The lowest BCUT2D eigenvalue weighted by Gasteiger charge is -2.14. The van der Waals surface area contributed by atoms with Gasteiger partial charge in [-0.05, 0) is 38.2 Å². The van der Waals surface area contributed by atoms with E-state index in [0.29, 0.717) is 6.42 Å². The third-order valence-corrected chi connectivity index (χ3v) is 5.70. The Morgan fingerprint density at radius 3 is 2.55 bits per heavy atom. The molecule has 5 nitrogen and oxygen atoms in total. The van der Waals surface area contributed by atoms with Crippen LogP contribution in [0.15, 0.2) is 0 Å². The van der Waals surface area contributed by atoms with Crippen molar-refractivity contribution in [2.45, 2.75) is 58.5 Å². The molecule has 2 heterocycles. The van der Waals surface area contributed by atoms with Crippen molar-refractivity contribution in [3.8, 4) is 0 Å². The van der Waals surface area contributed by atoms with E-state index in [-0.39, 0.29) is 23.6 Å². The molecule has 1 aliphatic rings. The topological polar surface area (TPSA) is 78.0 Å². The van der Waals surface area contributed by atoms with E-state index in [1.54, 1.807) is 0 Å². The van der Waals surface area contributed by atoms with Crippen molar-refractivity contribution >= 4 is 9.84 Å². The lowest BCUT2D eigenvalue weighted by Crippen LogP contribution is -2.20. The number of rotatable bonds is 5. The second kappa shape index (κ2) is 5.85. The lowest BCUT2D eigenvalue weighted by molar-refractivity contribution is 0.477. The van der Waals surface area contributed by atoms with Gasteiger partial charge in [0.25, 0.3) is 0 Å². The Morgan fingerprint density at radius 2 is 2.10 bits per heavy atom. The first-order valence-electron chi connectivity index (χ1n) is 7.43. The van der Waals surface area contributed by atoms with Gasteiger partial charge in [-0.25, -0.2) is 8.42 Å². The zero-order chi connectivity index (χ0) is 14.9. The molecule has 0 saturated carbocycles. The summed E-state index contributed by atoms with van der Waals surface area (Å²) in [6, 6.07) is 0.0950. The second-order valence-corrected chi connectivity index (χ2v) is 7.99. The molecule has 1 aliphatic heterocycles. The van der Waals surface area contributed by atoms with E-state index in [9.17, 15) is 8.42 Å². The van der Waals surface area contributed by atoms with Gasteiger partial charge in [-0.3, -0.25) is 4.68 Å². The van der Waals surface area contributed by atoms with Crippen LogP contribution in [0.5, 0.6) is 0 Å². The van der Waals surface area contributed by atoms with Crippen LogP contribution in [0.2, 0.25) is 0 Å². The number of aromatic nitrogens is 2. The van der Waals surface area contributed by atoms with E-state index in [4.69, 9.17) is 10.8 Å². The highest BCUT2D eigenvalue weighted by molar-refractivity contribution is 7.91. The fraction of sp³-hybridized carbons (Fsp3) is 0.786. The van der Waals surface area contributed by atoms with E-state index in [2.05, 4.69) is 13.8 Å². The molecule has 20 heavy (non-hydrogen) atoms. The van der Waals surface area contributed by atoms with E-state index in [1.165, 1.54) is 11.3 Å². The summed E-state index contributed by atoms with van der Waals surface area (Å²) in [6.45, 7) is 6.18. The molecule has 0 amide bonds. The van der Waals surface area contributed by atoms with Crippen LogP contribution >= 0.6 is 0 Å². The van der Waals surface area contributed by atoms with Gasteiger partial charge in [-0.2, -0.15) is 5.10 Å². The fourth-order valence-corrected chi connectivity index (χ4v) is 4.73. The van der Waals surface area contributed by atoms with Gasteiger partial charge >= 0.3 is 0 Å². The van der Waals surface area contributed by atoms with Gasteiger partial charge in [0.15, 0.2) is 9.84 Å². The van der Waals surface area contributed by atoms with Gasteiger partial charge in [0.2, 0.25) is 0 Å². The van der Waals surface area contributed by atoms with Crippen LogP contribution in [-0.2, 0) is 29.1 Å². The lowest BCUT2D eigenvalue weighted by atomic mass is 10.0. The fourth-order valence-electron chi connectivity index (χ4n) is 3.04. The average Bonchev–Trinajstić information content (AvgIpc) is 2.88. The molecule has 2 unspecified atom stereocenters. The van der Waals surface area contributed by atoms with Gasteiger partial charge in [0.05, 0.1) is 23.2 Å². The monoisotopic (exact) mass is 299 g/mol. The molecule has 0 spiro atoms. The molecule has 1 saturated heterocycles. The minimum absolute atomic E-state index is 0.00193. The summed E-state index contributed by atoms with van der Waals surface area (Å²) < 4.78 is 25.4. The van der Waals surface area contributed by atoms with Crippen LogP contribution in [0.25, 0.3) is 0 Å². The van der Waals surface area contributed by atoms with Crippen LogP contribution in [0, 0.1) is 0 Å². The van der Waals surface area contributed by atoms with E-state index < -0.39 is 9.84 Å². The Balaban J connectivity index is 2.41. The van der Waals surface area contributed by atoms with Gasteiger partial charge in [0, 0.05) is 11.7 Å². The summed E-state index contributed by atoms with van der Waals surface area (Å²) in [6.07, 6.45) is 3.22. The van der Waals surface area contributed by atoms with Crippen molar-refractivity contribution < 1.29 is 8.42 Å². The first kappa shape index (κ1) is 15.5. The summed E-state index contributed by atoms with van der Waals surface area (Å²) in [5.41, 5.74) is 9.42. The van der Waals surface area contributed by atoms with Crippen LogP contribution in [-0.4, -0.2) is 35.7 Å². The van der Waals surface area contributed by atoms with Gasteiger partial charge in [0.1, 0.15) is 0 Å². The Hall–Kier alpha value is -0.880. The van der Waals surface area contributed by atoms with Gasteiger partial charge < -0.3 is 5.73 Å². The Kier molecular flexibility index (Phi) is 4.54. The smallest absolute Gasteiger partial charge is 0.152 e. The molecule has 6 heteroatoms. The molecular formula is C14H25N3O2S. The maximum atomic E-state index is 11.7. The minimum atomic E-state index is -2.89. The maximum Gasteiger partial charge on any atom is 0.152 e. The third-order valence-electron chi connectivity index (χ3n) is 3.95. The second-order valence-electron chi connectivity index (χ2n) is 5.76. The quantitative estimate of drug-likeness (QED) is 0.888. The normalized spacial score (nSPS) is 23.1. The summed E-state index contributed by atoms with van der Waals surface area (Å²) >= 11 is 0. The van der Waals surface area contributed by atoms with E-state index in [1.807, 2.05) is 11.6 Å². The highest BCUT2D eigenvalue weighted by atomic mass is 32.2. The molecular weight excluding hydrogens is 274 g/mol. The minimum Gasteiger partial charge on any atom is -0.328 e. The highest BCUT2D eigenvalue weighted by Crippen LogP contribution is 2.28. The van der Waals surface area contributed by atoms with Crippen LogP contribution in [0.1, 0.15) is 50.2 Å². The van der Waals surface area contributed by atoms with Crippen molar-refractivity contribution in [3.05, 3.63) is 17.0 Å². The molecule has 114 valence electrons. The van der Waals surface area contributed by atoms with Crippen LogP contribution < -0.4 is 5.73 Å². The Bertz CT molecular complexity index is 575. The molecule has 0 bridgehead atoms. The van der Waals surface area contributed by atoms with Crippen molar-refractivity contribution in [3.63, 3.8) is 0 Å². The molecule has 0 radical (unpaired) electrons. The third kappa shape index (κ3) is 3.06. The maximum absolute atomic E-state index is 11.7. The standard InChI is InChI=1S/C14H25N3O2S/c1-4-13-12(8-10(3)15)14(5-2)17(16-13)11-6-7-20(18,19)9-11/h10-11H,4-9,15H2,1-3H3. The summed E-state index contributed by atoms with van der Waals surface area (Å²) in [4.78, 5) is 0. The molecule has 2 rings (SSSR count). The molecule has 0 aliphatic carbocycles. The van der Waals surface area contributed by atoms with Crippen molar-refractivity contribution in [2.75, 3.05) is 11.5 Å². The van der Waals surface area contributed by atoms with Crippen molar-refractivity contribution in [1.82, 2.24) is 9.78 Å². The average molecular weight is 299 g/mol. The molecule has 1 aromatic heterocycles. The summed E-state index contributed by atoms with van der Waals surface area (Å²) in [5, 5.41) is 4.70. The van der Waals surface area contributed by atoms with E-state index >= 15 is 0 Å². The molecule has 1 fully saturated rings. The highest BCUT2D eigenvalue weighted by Gasteiger charge is 2.32. The van der Waals surface area contributed by atoms with Gasteiger partial charge in [-0.1, -0.05) is 13.8 Å². The molecule has 2 atom stereocenters. The predicted molar refractivity (Wildman–Crippen MR) is 80.6 cm³/mol. The van der Waals surface area contributed by atoms with Crippen LogP contribution in [0.3, 0.4) is 0 Å². The first-order chi connectivity index (χ1) is 9.38. The molecule has 2 N–H and O–H groups in total. The van der Waals surface area contributed by atoms with Crippen molar-refractivity contribution in [2.24, 2.45) is 5.73 Å². The van der Waals surface area contributed by atoms with E-state index in [0.717, 1.165) is 25.0 Å². The zero-order valence-corrected chi connectivity index (χ0v) is 13.4. The number of sulfone groups is 1. The van der Waals surface area contributed by atoms with Crippen molar-refractivity contribution in [1.29, 1.82) is 0 Å². The Labute approximate surface area is 121 Å². The number of hydrogen-bond acceptors (Lipinski definition) is 4. The Morgan fingerprint density at radius 1 is 1.40 bits per heavy atom. The number of nitrogens with two attached hydrogens (primary N) is 1. The number of nitrogens with zero attached hydrogens (tertiary/aromatic N) is 2. The molecule has 1 aromatic rings.